The second-order valence-corrected chi connectivity index (χ2v) is 5.82. The van der Waals surface area contributed by atoms with Crippen LogP contribution in [0.3, 0.4) is 0 Å². The fourth-order valence-corrected chi connectivity index (χ4v) is 2.79. The summed E-state index contributed by atoms with van der Waals surface area (Å²) in [5, 5.41) is 0. The Balaban J connectivity index is 1.52. The number of rotatable bonds is 5. The van der Waals surface area contributed by atoms with Gasteiger partial charge in [0.1, 0.15) is 11.3 Å². The Morgan fingerprint density at radius 1 is 1.30 bits per heavy atom. The van der Waals surface area contributed by atoms with E-state index in [1.54, 1.807) is 13.0 Å². The van der Waals surface area contributed by atoms with Gasteiger partial charge in [-0.05, 0) is 18.6 Å². The molecule has 2 heterocycles. The minimum atomic E-state index is -0.398. The van der Waals surface area contributed by atoms with E-state index >= 15 is 0 Å². The van der Waals surface area contributed by atoms with E-state index in [1.807, 2.05) is 35.2 Å². The van der Waals surface area contributed by atoms with Crippen LogP contribution in [0.2, 0.25) is 0 Å². The van der Waals surface area contributed by atoms with Crippen molar-refractivity contribution in [2.75, 3.05) is 13.2 Å². The van der Waals surface area contributed by atoms with E-state index in [1.165, 1.54) is 6.26 Å². The molecule has 1 aliphatic rings. The lowest BCUT2D eigenvalue weighted by molar-refractivity contribution is -0.128. The molecule has 0 N–H and O–H groups in total. The number of carbonyl (C=O) groups excluding carboxylic acids is 2. The highest BCUT2D eigenvalue weighted by Gasteiger charge is 2.30. The average molecular weight is 313 g/mol. The van der Waals surface area contributed by atoms with Crippen molar-refractivity contribution in [3.63, 3.8) is 0 Å². The molecule has 1 atom stereocenters. The Morgan fingerprint density at radius 2 is 2.09 bits per heavy atom. The highest BCUT2D eigenvalue weighted by molar-refractivity contribution is 5.90. The van der Waals surface area contributed by atoms with Gasteiger partial charge in [-0.25, -0.2) is 4.79 Å². The Bertz CT molecular complexity index is 692. The molecule has 23 heavy (non-hydrogen) atoms. The number of aryl methyl sites for hydroxylation is 1. The summed E-state index contributed by atoms with van der Waals surface area (Å²) in [6, 6.07) is 11.5. The number of ether oxygens (including phenoxy) is 1. The van der Waals surface area contributed by atoms with Crippen molar-refractivity contribution in [1.82, 2.24) is 4.90 Å². The molecule has 1 amide bonds. The van der Waals surface area contributed by atoms with Crippen LogP contribution >= 0.6 is 0 Å². The summed E-state index contributed by atoms with van der Waals surface area (Å²) in [7, 11) is 0. The van der Waals surface area contributed by atoms with Crippen molar-refractivity contribution >= 4 is 11.9 Å². The zero-order valence-electron chi connectivity index (χ0n) is 13.0. The zero-order valence-corrected chi connectivity index (χ0v) is 13.0. The molecular formula is C18H19NO4. The summed E-state index contributed by atoms with van der Waals surface area (Å²) >= 11 is 0. The van der Waals surface area contributed by atoms with Gasteiger partial charge in [-0.2, -0.15) is 0 Å². The van der Waals surface area contributed by atoms with Gasteiger partial charge < -0.3 is 14.1 Å². The molecule has 120 valence electrons. The molecule has 5 heteroatoms. The minimum absolute atomic E-state index is 0.0439. The summed E-state index contributed by atoms with van der Waals surface area (Å²) < 4.78 is 10.4. The van der Waals surface area contributed by atoms with Gasteiger partial charge >= 0.3 is 5.97 Å². The number of furan rings is 1. The van der Waals surface area contributed by atoms with Crippen molar-refractivity contribution in [2.24, 2.45) is 5.92 Å². The van der Waals surface area contributed by atoms with Gasteiger partial charge in [0, 0.05) is 25.4 Å². The fourth-order valence-electron chi connectivity index (χ4n) is 2.79. The first-order chi connectivity index (χ1) is 11.1. The first kappa shape index (κ1) is 15.3. The molecule has 3 rings (SSSR count). The molecule has 0 aliphatic carbocycles. The maximum atomic E-state index is 12.1. The first-order valence-electron chi connectivity index (χ1n) is 7.66. The number of hydrogen-bond donors (Lipinski definition) is 0. The summed E-state index contributed by atoms with van der Waals surface area (Å²) in [5.41, 5.74) is 1.54. The molecular weight excluding hydrogens is 294 g/mol. The predicted octanol–water partition coefficient (Wildman–Crippen LogP) is 2.79. The third-order valence-corrected chi connectivity index (χ3v) is 4.04. The van der Waals surface area contributed by atoms with Crippen LogP contribution in [0.1, 0.15) is 28.1 Å². The van der Waals surface area contributed by atoms with E-state index in [-0.39, 0.29) is 18.4 Å². The SMILES string of the molecule is Cc1occc1C(=O)OC[C@@H]1CC(=O)N(Cc2ccccc2)C1. The number of esters is 1. The van der Waals surface area contributed by atoms with E-state index in [0.717, 1.165) is 5.56 Å². The highest BCUT2D eigenvalue weighted by Crippen LogP contribution is 2.21. The van der Waals surface area contributed by atoms with Crippen LogP contribution in [0.5, 0.6) is 0 Å². The monoisotopic (exact) mass is 313 g/mol. The maximum absolute atomic E-state index is 12.1. The van der Waals surface area contributed by atoms with E-state index in [2.05, 4.69) is 0 Å². The molecule has 0 radical (unpaired) electrons. The Kier molecular flexibility index (Phi) is 4.46. The summed E-state index contributed by atoms with van der Waals surface area (Å²) in [5.74, 6) is 0.296. The van der Waals surface area contributed by atoms with Gasteiger partial charge in [-0.1, -0.05) is 30.3 Å². The number of nitrogens with zero attached hydrogens (tertiary/aromatic N) is 1. The van der Waals surface area contributed by atoms with Crippen LogP contribution in [0.15, 0.2) is 47.1 Å². The molecule has 5 nitrogen and oxygen atoms in total. The van der Waals surface area contributed by atoms with Gasteiger partial charge in [0.05, 0.1) is 12.9 Å². The van der Waals surface area contributed by atoms with Gasteiger partial charge in [-0.15, -0.1) is 0 Å². The highest BCUT2D eigenvalue weighted by atomic mass is 16.5. The molecule has 0 bridgehead atoms. The molecule has 0 unspecified atom stereocenters. The fraction of sp³-hybridized carbons (Fsp3) is 0.333. The molecule has 2 aromatic rings. The van der Waals surface area contributed by atoms with Crippen LogP contribution in [0.4, 0.5) is 0 Å². The van der Waals surface area contributed by atoms with E-state index in [0.29, 0.717) is 30.8 Å². The van der Waals surface area contributed by atoms with Crippen LogP contribution in [-0.2, 0) is 16.1 Å². The quantitative estimate of drug-likeness (QED) is 0.796. The largest absolute Gasteiger partial charge is 0.469 e. The molecule has 1 saturated heterocycles. The predicted molar refractivity (Wildman–Crippen MR) is 83.7 cm³/mol. The molecule has 1 fully saturated rings. The number of hydrogen-bond acceptors (Lipinski definition) is 4. The van der Waals surface area contributed by atoms with Crippen molar-refractivity contribution in [3.05, 3.63) is 59.5 Å². The third-order valence-electron chi connectivity index (χ3n) is 4.04. The smallest absolute Gasteiger partial charge is 0.341 e. The Labute approximate surface area is 134 Å². The Morgan fingerprint density at radius 3 is 2.78 bits per heavy atom. The Hall–Kier alpha value is -2.56. The van der Waals surface area contributed by atoms with Crippen molar-refractivity contribution in [2.45, 2.75) is 19.9 Å². The van der Waals surface area contributed by atoms with Crippen molar-refractivity contribution in [1.29, 1.82) is 0 Å². The van der Waals surface area contributed by atoms with Crippen LogP contribution < -0.4 is 0 Å². The van der Waals surface area contributed by atoms with Gasteiger partial charge in [0.15, 0.2) is 0 Å². The first-order valence-corrected chi connectivity index (χ1v) is 7.66. The number of carbonyl (C=O) groups is 2. The van der Waals surface area contributed by atoms with E-state index < -0.39 is 5.97 Å². The lowest BCUT2D eigenvalue weighted by Crippen LogP contribution is -2.25. The number of amides is 1. The summed E-state index contributed by atoms with van der Waals surface area (Å²) in [4.78, 5) is 25.9. The second-order valence-electron chi connectivity index (χ2n) is 5.82. The zero-order chi connectivity index (χ0) is 16.2. The third kappa shape index (κ3) is 3.62. The van der Waals surface area contributed by atoms with Crippen LogP contribution in [-0.4, -0.2) is 29.9 Å². The van der Waals surface area contributed by atoms with Crippen molar-refractivity contribution < 1.29 is 18.7 Å². The summed E-state index contributed by atoms with van der Waals surface area (Å²) in [6.45, 7) is 3.19. The lowest BCUT2D eigenvalue weighted by Gasteiger charge is -2.16. The summed E-state index contributed by atoms with van der Waals surface area (Å²) in [6.07, 6.45) is 1.89. The van der Waals surface area contributed by atoms with E-state index in [4.69, 9.17) is 9.15 Å². The van der Waals surface area contributed by atoms with Gasteiger partial charge in [0.25, 0.3) is 0 Å². The molecule has 1 aromatic heterocycles. The van der Waals surface area contributed by atoms with Crippen LogP contribution in [0, 0.1) is 12.8 Å². The van der Waals surface area contributed by atoms with Crippen LogP contribution in [0.25, 0.3) is 0 Å². The number of likely N-dealkylation sites (tertiary alicyclic amines) is 1. The molecule has 0 spiro atoms. The number of benzene rings is 1. The second kappa shape index (κ2) is 6.69. The average Bonchev–Trinajstić information content (AvgIpc) is 3.12. The standard InChI is InChI=1S/C18H19NO4/c1-13-16(7-8-22-13)18(21)23-12-15-9-17(20)19(11-15)10-14-5-3-2-4-6-14/h2-8,15H,9-12H2,1H3/t15-/m1/s1. The minimum Gasteiger partial charge on any atom is -0.469 e. The molecule has 0 saturated carbocycles. The molecule has 1 aliphatic heterocycles. The van der Waals surface area contributed by atoms with E-state index in [9.17, 15) is 9.59 Å². The lowest BCUT2D eigenvalue weighted by atomic mass is 10.1. The van der Waals surface area contributed by atoms with Gasteiger partial charge in [-0.3, -0.25) is 4.79 Å². The molecule has 1 aromatic carbocycles. The normalized spacial score (nSPS) is 17.5. The van der Waals surface area contributed by atoms with Gasteiger partial charge in [0.2, 0.25) is 5.91 Å². The maximum Gasteiger partial charge on any atom is 0.341 e. The topological polar surface area (TPSA) is 59.8 Å². The van der Waals surface area contributed by atoms with Crippen molar-refractivity contribution in [3.8, 4) is 0 Å².